The molecule has 0 fully saturated rings. The van der Waals surface area contributed by atoms with E-state index in [1.54, 1.807) is 0 Å². The van der Waals surface area contributed by atoms with Crippen molar-refractivity contribution in [3.05, 3.63) is 71.8 Å². The molecule has 0 unspecified atom stereocenters. The Hall–Kier alpha value is -1.79. The van der Waals surface area contributed by atoms with Gasteiger partial charge in [-0.3, -0.25) is 0 Å². The van der Waals surface area contributed by atoms with Crippen molar-refractivity contribution in [1.82, 2.24) is 0 Å². The first-order valence-corrected chi connectivity index (χ1v) is 5.95. The van der Waals surface area contributed by atoms with Crippen LogP contribution in [0.5, 0.6) is 0 Å². The van der Waals surface area contributed by atoms with Gasteiger partial charge in [-0.1, -0.05) is 60.1 Å². The molecule has 3 aromatic carbocycles. The highest BCUT2D eigenvalue weighted by molar-refractivity contribution is 6.30. The van der Waals surface area contributed by atoms with Crippen LogP contribution in [0.1, 0.15) is 0 Å². The molecule has 0 amide bonds. The maximum absolute atomic E-state index is 6.01. The normalized spacial score (nSPS) is 10.6. The summed E-state index contributed by atoms with van der Waals surface area (Å²) in [5, 5.41) is 3.29. The molecule has 0 bridgehead atoms. The Morgan fingerprint density at radius 2 is 1.35 bits per heavy atom. The Kier molecular flexibility index (Phi) is 2.58. The molecule has 0 saturated heterocycles. The largest absolute Gasteiger partial charge is 0.0843 e. The van der Waals surface area contributed by atoms with Gasteiger partial charge in [-0.15, -0.1) is 0 Å². The molecule has 3 aromatic rings. The fourth-order valence-electron chi connectivity index (χ4n) is 2.04. The molecule has 0 aromatic heterocycles. The van der Waals surface area contributed by atoms with Gasteiger partial charge in [-0.2, -0.15) is 0 Å². The van der Waals surface area contributed by atoms with E-state index in [9.17, 15) is 0 Å². The average Bonchev–Trinajstić information content (AvgIpc) is 2.38. The van der Waals surface area contributed by atoms with Gasteiger partial charge in [0.25, 0.3) is 0 Å². The lowest BCUT2D eigenvalue weighted by atomic mass is 10.0. The van der Waals surface area contributed by atoms with Crippen molar-refractivity contribution in [2.45, 2.75) is 0 Å². The SMILES string of the molecule is Clc1cccc(-c2ccc3ccccc3c2)c1. The van der Waals surface area contributed by atoms with E-state index in [1.807, 2.05) is 18.2 Å². The summed E-state index contributed by atoms with van der Waals surface area (Å²) in [6, 6.07) is 22.8. The number of benzene rings is 3. The van der Waals surface area contributed by atoms with Crippen LogP contribution in [-0.2, 0) is 0 Å². The molecule has 82 valence electrons. The van der Waals surface area contributed by atoms with Crippen molar-refractivity contribution in [3.63, 3.8) is 0 Å². The molecule has 0 spiro atoms. The van der Waals surface area contributed by atoms with E-state index in [1.165, 1.54) is 16.3 Å². The minimum Gasteiger partial charge on any atom is -0.0843 e. The highest BCUT2D eigenvalue weighted by Gasteiger charge is 1.99. The summed E-state index contributed by atoms with van der Waals surface area (Å²) in [7, 11) is 0. The number of halogens is 1. The predicted molar refractivity (Wildman–Crippen MR) is 74.4 cm³/mol. The Bertz CT molecular complexity index is 671. The van der Waals surface area contributed by atoms with Gasteiger partial charge in [0, 0.05) is 5.02 Å². The maximum atomic E-state index is 6.01. The van der Waals surface area contributed by atoms with Crippen LogP contribution < -0.4 is 0 Å². The summed E-state index contributed by atoms with van der Waals surface area (Å²) < 4.78 is 0. The second-order valence-electron chi connectivity index (χ2n) is 4.07. The van der Waals surface area contributed by atoms with E-state index in [2.05, 4.69) is 48.5 Å². The van der Waals surface area contributed by atoms with Crippen molar-refractivity contribution in [2.24, 2.45) is 0 Å². The van der Waals surface area contributed by atoms with E-state index in [0.717, 1.165) is 10.6 Å². The number of hydrogen-bond acceptors (Lipinski definition) is 0. The Morgan fingerprint density at radius 1 is 0.588 bits per heavy atom. The summed E-state index contributed by atoms with van der Waals surface area (Å²) in [5.41, 5.74) is 2.36. The molecule has 0 radical (unpaired) electrons. The summed E-state index contributed by atoms with van der Waals surface area (Å²) in [5.74, 6) is 0. The van der Waals surface area contributed by atoms with Gasteiger partial charge >= 0.3 is 0 Å². The number of hydrogen-bond donors (Lipinski definition) is 0. The molecule has 0 aliphatic heterocycles. The van der Waals surface area contributed by atoms with Crippen LogP contribution in [0.4, 0.5) is 0 Å². The van der Waals surface area contributed by atoms with Crippen molar-refractivity contribution in [1.29, 1.82) is 0 Å². The lowest BCUT2D eigenvalue weighted by molar-refractivity contribution is 1.64. The van der Waals surface area contributed by atoms with E-state index >= 15 is 0 Å². The van der Waals surface area contributed by atoms with E-state index in [-0.39, 0.29) is 0 Å². The Balaban J connectivity index is 2.18. The van der Waals surface area contributed by atoms with Crippen molar-refractivity contribution in [2.75, 3.05) is 0 Å². The minimum absolute atomic E-state index is 0.774. The number of fused-ring (bicyclic) bond motifs is 1. The van der Waals surface area contributed by atoms with Gasteiger partial charge < -0.3 is 0 Å². The first-order valence-electron chi connectivity index (χ1n) is 5.58. The molecule has 3 rings (SSSR count). The predicted octanol–water partition coefficient (Wildman–Crippen LogP) is 5.16. The van der Waals surface area contributed by atoms with Gasteiger partial charge in [0.15, 0.2) is 0 Å². The van der Waals surface area contributed by atoms with Crippen LogP contribution in [0.2, 0.25) is 5.02 Å². The zero-order chi connectivity index (χ0) is 11.7. The minimum atomic E-state index is 0.774. The molecule has 1 heteroatoms. The highest BCUT2D eigenvalue weighted by atomic mass is 35.5. The summed E-state index contributed by atoms with van der Waals surface area (Å²) in [4.78, 5) is 0. The van der Waals surface area contributed by atoms with Crippen LogP contribution in [0, 0.1) is 0 Å². The fraction of sp³-hybridized carbons (Fsp3) is 0. The first kappa shape index (κ1) is 10.4. The van der Waals surface area contributed by atoms with Crippen LogP contribution in [0.25, 0.3) is 21.9 Å². The maximum Gasteiger partial charge on any atom is 0.0412 e. The van der Waals surface area contributed by atoms with Crippen LogP contribution in [0.3, 0.4) is 0 Å². The molecule has 0 nitrogen and oxygen atoms in total. The van der Waals surface area contributed by atoms with Crippen molar-refractivity contribution < 1.29 is 0 Å². The molecule has 0 aliphatic carbocycles. The van der Waals surface area contributed by atoms with Gasteiger partial charge in [0.1, 0.15) is 0 Å². The molecular weight excluding hydrogens is 228 g/mol. The van der Waals surface area contributed by atoms with Crippen LogP contribution >= 0.6 is 11.6 Å². The third kappa shape index (κ3) is 2.04. The first-order chi connectivity index (χ1) is 8.33. The molecule has 0 heterocycles. The summed E-state index contributed by atoms with van der Waals surface area (Å²) in [6.07, 6.45) is 0. The standard InChI is InChI=1S/C16H11Cl/c17-16-7-3-6-14(11-16)15-9-8-12-4-1-2-5-13(12)10-15/h1-11H. The second-order valence-corrected chi connectivity index (χ2v) is 4.51. The second kappa shape index (κ2) is 4.23. The smallest absolute Gasteiger partial charge is 0.0412 e. The fourth-order valence-corrected chi connectivity index (χ4v) is 2.23. The zero-order valence-corrected chi connectivity index (χ0v) is 9.98. The molecule has 17 heavy (non-hydrogen) atoms. The Labute approximate surface area is 105 Å². The average molecular weight is 239 g/mol. The van der Waals surface area contributed by atoms with E-state index in [0.29, 0.717) is 0 Å². The highest BCUT2D eigenvalue weighted by Crippen LogP contribution is 2.26. The molecule has 0 aliphatic rings. The topological polar surface area (TPSA) is 0 Å². The number of rotatable bonds is 1. The van der Waals surface area contributed by atoms with Crippen molar-refractivity contribution in [3.8, 4) is 11.1 Å². The zero-order valence-electron chi connectivity index (χ0n) is 9.23. The van der Waals surface area contributed by atoms with Gasteiger partial charge in [-0.05, 0) is 40.1 Å². The third-order valence-corrected chi connectivity index (χ3v) is 3.14. The van der Waals surface area contributed by atoms with E-state index in [4.69, 9.17) is 11.6 Å². The third-order valence-electron chi connectivity index (χ3n) is 2.91. The monoisotopic (exact) mass is 238 g/mol. The molecule has 0 atom stereocenters. The Morgan fingerprint density at radius 3 is 2.18 bits per heavy atom. The quantitative estimate of drug-likeness (QED) is 0.549. The lowest BCUT2D eigenvalue weighted by Gasteiger charge is -2.04. The van der Waals surface area contributed by atoms with Gasteiger partial charge in [0.05, 0.1) is 0 Å². The van der Waals surface area contributed by atoms with Crippen LogP contribution in [-0.4, -0.2) is 0 Å². The van der Waals surface area contributed by atoms with Crippen LogP contribution in [0.15, 0.2) is 66.7 Å². The van der Waals surface area contributed by atoms with Crippen molar-refractivity contribution >= 4 is 22.4 Å². The van der Waals surface area contributed by atoms with Gasteiger partial charge in [0.2, 0.25) is 0 Å². The molecule has 0 saturated carbocycles. The van der Waals surface area contributed by atoms with Gasteiger partial charge in [-0.25, -0.2) is 0 Å². The summed E-state index contributed by atoms with van der Waals surface area (Å²) >= 11 is 6.01. The molecular formula is C16H11Cl. The van der Waals surface area contributed by atoms with E-state index < -0.39 is 0 Å². The molecule has 0 N–H and O–H groups in total. The summed E-state index contributed by atoms with van der Waals surface area (Å²) in [6.45, 7) is 0. The lowest BCUT2D eigenvalue weighted by Crippen LogP contribution is -1.78.